The molecule has 158 valence electrons. The highest BCUT2D eigenvalue weighted by Gasteiger charge is 2.12. The van der Waals surface area contributed by atoms with Crippen molar-refractivity contribution in [1.82, 2.24) is 14.2 Å². The van der Waals surface area contributed by atoms with E-state index in [4.69, 9.17) is 4.98 Å². The van der Waals surface area contributed by atoms with Crippen LogP contribution in [-0.4, -0.2) is 20.4 Å². The fraction of sp³-hybridized carbons (Fsp3) is 0.208. The Kier molecular flexibility index (Phi) is 6.25. The van der Waals surface area contributed by atoms with Crippen LogP contribution in [0.15, 0.2) is 67.4 Å². The molecule has 2 aromatic carbocycles. The largest absolute Gasteiger partial charge is 0.318 e. The van der Waals surface area contributed by atoms with E-state index in [1.54, 1.807) is 12.3 Å². The maximum Gasteiger partial charge on any atom is 0.282 e. The Hall–Kier alpha value is -2.51. The summed E-state index contributed by atoms with van der Waals surface area (Å²) in [5.41, 5.74) is 4.72. The van der Waals surface area contributed by atoms with Crippen LogP contribution in [0.5, 0.6) is 0 Å². The van der Waals surface area contributed by atoms with Gasteiger partial charge in [-0.15, -0.1) is 0 Å². The molecule has 0 N–H and O–H groups in total. The van der Waals surface area contributed by atoms with E-state index in [0.29, 0.717) is 23.1 Å². The van der Waals surface area contributed by atoms with Crippen molar-refractivity contribution in [2.45, 2.75) is 33.6 Å². The molecule has 0 atom stereocenters. The number of nitrogens with zero attached hydrogens (tertiary/aromatic N) is 4. The highest BCUT2D eigenvalue weighted by molar-refractivity contribution is 9.10. The van der Waals surface area contributed by atoms with Crippen LogP contribution < -0.4 is 5.56 Å². The molecule has 31 heavy (non-hydrogen) atoms. The third kappa shape index (κ3) is 4.29. The molecule has 0 aliphatic carbocycles. The molecule has 0 saturated carbocycles. The second-order valence-corrected chi connectivity index (χ2v) is 9.27. The molecule has 0 spiro atoms. The predicted octanol–water partition coefficient (Wildman–Crippen LogP) is 6.16. The third-order valence-electron chi connectivity index (χ3n) is 5.20. The van der Waals surface area contributed by atoms with Crippen molar-refractivity contribution in [2.75, 3.05) is 0 Å². The lowest BCUT2D eigenvalue weighted by Crippen LogP contribution is -2.22. The SMILES string of the molecule is CCCc1nc2ccc(Br)cc2c(=O)n1N=Cc1cc(C)n(-c2cccc(Br)c2)c1C. The fourth-order valence-corrected chi connectivity index (χ4v) is 4.50. The van der Waals surface area contributed by atoms with Crippen molar-refractivity contribution in [3.05, 3.63) is 90.6 Å². The number of hydrogen-bond donors (Lipinski definition) is 0. The average Bonchev–Trinajstić information content (AvgIpc) is 3.02. The van der Waals surface area contributed by atoms with Crippen LogP contribution in [0.4, 0.5) is 0 Å². The van der Waals surface area contributed by atoms with Crippen LogP contribution in [0, 0.1) is 13.8 Å². The number of benzene rings is 2. The first-order valence-electron chi connectivity index (χ1n) is 10.1. The zero-order valence-electron chi connectivity index (χ0n) is 17.6. The molecule has 0 aliphatic heterocycles. The molecular formula is C24H22Br2N4O. The molecule has 4 aromatic rings. The van der Waals surface area contributed by atoms with E-state index in [1.165, 1.54) is 4.68 Å². The van der Waals surface area contributed by atoms with Crippen LogP contribution in [0.1, 0.15) is 36.1 Å². The van der Waals surface area contributed by atoms with Gasteiger partial charge in [0.15, 0.2) is 0 Å². The fourth-order valence-electron chi connectivity index (χ4n) is 3.75. The molecule has 0 unspecified atom stereocenters. The highest BCUT2D eigenvalue weighted by Crippen LogP contribution is 2.22. The van der Waals surface area contributed by atoms with E-state index in [9.17, 15) is 4.79 Å². The van der Waals surface area contributed by atoms with Gasteiger partial charge in [0, 0.05) is 38.0 Å². The van der Waals surface area contributed by atoms with Gasteiger partial charge in [0.25, 0.3) is 5.56 Å². The lowest BCUT2D eigenvalue weighted by molar-refractivity contribution is 0.703. The van der Waals surface area contributed by atoms with E-state index in [0.717, 1.165) is 38.0 Å². The first-order chi connectivity index (χ1) is 14.9. The van der Waals surface area contributed by atoms with Gasteiger partial charge in [-0.2, -0.15) is 9.78 Å². The van der Waals surface area contributed by atoms with Crippen molar-refractivity contribution in [3.8, 4) is 5.69 Å². The van der Waals surface area contributed by atoms with E-state index >= 15 is 0 Å². The minimum atomic E-state index is -0.160. The second kappa shape index (κ2) is 8.93. The number of aromatic nitrogens is 3. The summed E-state index contributed by atoms with van der Waals surface area (Å²) in [4.78, 5) is 17.9. The van der Waals surface area contributed by atoms with Gasteiger partial charge in [-0.05, 0) is 62.7 Å². The van der Waals surface area contributed by atoms with E-state index in [-0.39, 0.29) is 5.56 Å². The van der Waals surface area contributed by atoms with Gasteiger partial charge in [-0.1, -0.05) is 44.8 Å². The Morgan fingerprint density at radius 1 is 1.06 bits per heavy atom. The Labute approximate surface area is 197 Å². The molecule has 4 rings (SSSR count). The zero-order valence-corrected chi connectivity index (χ0v) is 20.7. The van der Waals surface area contributed by atoms with Crippen LogP contribution in [-0.2, 0) is 6.42 Å². The van der Waals surface area contributed by atoms with Crippen LogP contribution in [0.3, 0.4) is 0 Å². The molecule has 0 bridgehead atoms. The van der Waals surface area contributed by atoms with Crippen molar-refractivity contribution in [1.29, 1.82) is 0 Å². The van der Waals surface area contributed by atoms with Crippen LogP contribution in [0.25, 0.3) is 16.6 Å². The molecule has 0 radical (unpaired) electrons. The number of aryl methyl sites for hydroxylation is 2. The van der Waals surface area contributed by atoms with E-state index < -0.39 is 0 Å². The molecule has 7 heteroatoms. The summed E-state index contributed by atoms with van der Waals surface area (Å²) in [5, 5.41) is 5.13. The summed E-state index contributed by atoms with van der Waals surface area (Å²) in [5.74, 6) is 0.666. The first-order valence-corrected chi connectivity index (χ1v) is 11.7. The lowest BCUT2D eigenvalue weighted by atomic mass is 10.2. The summed E-state index contributed by atoms with van der Waals surface area (Å²) in [7, 11) is 0. The number of fused-ring (bicyclic) bond motifs is 1. The number of halogens is 2. The van der Waals surface area contributed by atoms with Gasteiger partial charge >= 0.3 is 0 Å². The van der Waals surface area contributed by atoms with Crippen molar-refractivity contribution >= 4 is 49.0 Å². The van der Waals surface area contributed by atoms with Gasteiger partial charge < -0.3 is 4.57 Å². The molecule has 0 amide bonds. The second-order valence-electron chi connectivity index (χ2n) is 7.44. The first kappa shape index (κ1) is 21.7. The van der Waals surface area contributed by atoms with Gasteiger partial charge in [0.1, 0.15) is 5.82 Å². The van der Waals surface area contributed by atoms with Crippen LogP contribution >= 0.6 is 31.9 Å². The van der Waals surface area contributed by atoms with Gasteiger partial charge in [-0.25, -0.2) is 4.98 Å². The molecule has 0 aliphatic rings. The smallest absolute Gasteiger partial charge is 0.282 e. The zero-order chi connectivity index (χ0) is 22.1. The van der Waals surface area contributed by atoms with Crippen molar-refractivity contribution in [3.63, 3.8) is 0 Å². The minimum Gasteiger partial charge on any atom is -0.318 e. The van der Waals surface area contributed by atoms with E-state index in [1.807, 2.05) is 24.3 Å². The molecular weight excluding hydrogens is 520 g/mol. The molecule has 0 saturated heterocycles. The summed E-state index contributed by atoms with van der Waals surface area (Å²) in [6.07, 6.45) is 3.31. The van der Waals surface area contributed by atoms with Crippen molar-refractivity contribution < 1.29 is 0 Å². The van der Waals surface area contributed by atoms with Crippen molar-refractivity contribution in [2.24, 2.45) is 5.10 Å². The Morgan fingerprint density at radius 2 is 1.84 bits per heavy atom. The average molecular weight is 542 g/mol. The maximum absolute atomic E-state index is 13.2. The molecule has 2 aromatic heterocycles. The summed E-state index contributed by atoms with van der Waals surface area (Å²) in [6, 6.07) is 15.8. The van der Waals surface area contributed by atoms with Crippen LogP contribution in [0.2, 0.25) is 0 Å². The Bertz CT molecular complexity index is 1370. The summed E-state index contributed by atoms with van der Waals surface area (Å²) < 4.78 is 5.48. The Morgan fingerprint density at radius 3 is 2.58 bits per heavy atom. The van der Waals surface area contributed by atoms with Gasteiger partial charge in [-0.3, -0.25) is 4.79 Å². The number of hydrogen-bond acceptors (Lipinski definition) is 3. The third-order valence-corrected chi connectivity index (χ3v) is 6.18. The van der Waals surface area contributed by atoms with Gasteiger partial charge in [0.2, 0.25) is 0 Å². The lowest BCUT2D eigenvalue weighted by Gasteiger charge is -2.10. The normalized spacial score (nSPS) is 11.6. The predicted molar refractivity (Wildman–Crippen MR) is 134 cm³/mol. The topological polar surface area (TPSA) is 52.2 Å². The summed E-state index contributed by atoms with van der Waals surface area (Å²) in [6.45, 7) is 6.19. The molecule has 0 fully saturated rings. The molecule has 2 heterocycles. The standard InChI is InChI=1S/C24H22Br2N4O/c1-4-6-23-28-22-10-9-19(26)13-21(22)24(31)30(23)27-14-17-11-15(2)29(16(17)3)20-8-5-7-18(25)12-20/h5,7-14H,4,6H2,1-3H3. The monoisotopic (exact) mass is 540 g/mol. The van der Waals surface area contributed by atoms with Gasteiger partial charge in [0.05, 0.1) is 17.1 Å². The minimum absolute atomic E-state index is 0.160. The summed E-state index contributed by atoms with van der Waals surface area (Å²) >= 11 is 6.99. The quantitative estimate of drug-likeness (QED) is 0.284. The maximum atomic E-state index is 13.2. The molecule has 5 nitrogen and oxygen atoms in total. The highest BCUT2D eigenvalue weighted by atomic mass is 79.9. The number of rotatable bonds is 5. The van der Waals surface area contributed by atoms with E-state index in [2.05, 4.69) is 80.5 Å². The Balaban J connectivity index is 1.82.